The summed E-state index contributed by atoms with van der Waals surface area (Å²) in [6, 6.07) is 0. The summed E-state index contributed by atoms with van der Waals surface area (Å²) >= 11 is 0. The van der Waals surface area contributed by atoms with Crippen LogP contribution in [0.4, 0.5) is 0 Å². The van der Waals surface area contributed by atoms with Gasteiger partial charge in [0.1, 0.15) is 0 Å². The number of nitrogens with zero attached hydrogens (tertiary/aromatic N) is 2. The molecule has 0 aliphatic rings. The van der Waals surface area contributed by atoms with Crippen LogP contribution in [0.3, 0.4) is 0 Å². The molecule has 110 valence electrons. The van der Waals surface area contributed by atoms with Crippen molar-refractivity contribution in [2.75, 3.05) is 13.6 Å². The van der Waals surface area contributed by atoms with E-state index in [-0.39, 0.29) is 18.0 Å². The second-order valence-corrected chi connectivity index (χ2v) is 4.65. The van der Waals surface area contributed by atoms with Crippen molar-refractivity contribution in [1.82, 2.24) is 10.2 Å². The van der Waals surface area contributed by atoms with Crippen molar-refractivity contribution in [3.8, 4) is 0 Å². The highest BCUT2D eigenvalue weighted by molar-refractivity contribution is 5.78. The Hall–Kier alpha value is -1.36. The van der Waals surface area contributed by atoms with Crippen molar-refractivity contribution >= 4 is 12.2 Å². The molecular weight excluding hydrogens is 240 g/mol. The fraction of sp³-hybridized carbons (Fsp3) is 0.714. The normalized spacial score (nSPS) is 15.4. The molecule has 0 fully saturated rings. The van der Waals surface area contributed by atoms with Crippen LogP contribution < -0.4 is 11.1 Å². The van der Waals surface area contributed by atoms with Crippen molar-refractivity contribution in [2.45, 2.75) is 46.7 Å². The lowest BCUT2D eigenvalue weighted by atomic mass is 10.1. The summed E-state index contributed by atoms with van der Waals surface area (Å²) in [6.07, 6.45) is 5.53. The predicted molar refractivity (Wildman–Crippen MR) is 80.7 cm³/mol. The molecule has 0 heterocycles. The van der Waals surface area contributed by atoms with Crippen LogP contribution in [-0.4, -0.2) is 36.9 Å². The maximum atomic E-state index is 11.5. The zero-order chi connectivity index (χ0) is 14.8. The first-order valence-electron chi connectivity index (χ1n) is 6.92. The fourth-order valence-electron chi connectivity index (χ4n) is 1.64. The maximum absolute atomic E-state index is 11.5. The third kappa shape index (κ3) is 6.96. The Morgan fingerprint density at radius 3 is 2.47 bits per heavy atom. The average molecular weight is 268 g/mol. The Kier molecular flexibility index (Phi) is 8.87. The molecule has 3 N–H and O–H groups in total. The quantitative estimate of drug-likeness (QED) is 0.400. The smallest absolute Gasteiger partial charge is 0.224 e. The summed E-state index contributed by atoms with van der Waals surface area (Å²) in [4.78, 5) is 17.9. The standard InChI is InChI=1S/C14H28N4O/c1-6-8-13(7-2)17-10-18(12(4)15)9-11(3)14(19)16-5/h8,10-12H,6-7,9,15H2,1-5H3,(H,16,19)/b13-8+,17-10?. The molecule has 2 unspecified atom stereocenters. The molecule has 0 aliphatic carbocycles. The Morgan fingerprint density at radius 2 is 2.05 bits per heavy atom. The van der Waals surface area contributed by atoms with Crippen LogP contribution in [0, 0.1) is 5.92 Å². The molecule has 2 atom stereocenters. The third-order valence-electron chi connectivity index (χ3n) is 2.88. The number of carbonyl (C=O) groups is 1. The maximum Gasteiger partial charge on any atom is 0.224 e. The highest BCUT2D eigenvalue weighted by Crippen LogP contribution is 2.05. The second-order valence-electron chi connectivity index (χ2n) is 4.65. The van der Waals surface area contributed by atoms with Crippen molar-refractivity contribution in [3.05, 3.63) is 11.8 Å². The second kappa shape index (κ2) is 9.55. The summed E-state index contributed by atoms with van der Waals surface area (Å²) in [5.74, 6) is -0.110. The van der Waals surface area contributed by atoms with E-state index in [1.54, 1.807) is 13.4 Å². The van der Waals surface area contributed by atoms with Gasteiger partial charge in [-0.15, -0.1) is 0 Å². The predicted octanol–water partition coefficient (Wildman–Crippen LogP) is 1.71. The van der Waals surface area contributed by atoms with E-state index in [4.69, 9.17) is 5.73 Å². The molecule has 5 nitrogen and oxygen atoms in total. The van der Waals surface area contributed by atoms with E-state index in [2.05, 4.69) is 30.2 Å². The summed E-state index contributed by atoms with van der Waals surface area (Å²) < 4.78 is 0. The van der Waals surface area contributed by atoms with Crippen LogP contribution in [0.15, 0.2) is 16.8 Å². The number of hydrogen-bond donors (Lipinski definition) is 2. The molecule has 5 heteroatoms. The molecule has 0 aromatic heterocycles. The van der Waals surface area contributed by atoms with E-state index in [9.17, 15) is 4.79 Å². The lowest BCUT2D eigenvalue weighted by molar-refractivity contribution is -0.124. The minimum Gasteiger partial charge on any atom is -0.359 e. The van der Waals surface area contributed by atoms with E-state index in [0.29, 0.717) is 6.54 Å². The lowest BCUT2D eigenvalue weighted by Crippen LogP contribution is -2.44. The minimum atomic E-state index is -0.171. The first kappa shape index (κ1) is 17.6. The Bertz CT molecular complexity index is 323. The fourth-order valence-corrected chi connectivity index (χ4v) is 1.64. The van der Waals surface area contributed by atoms with Crippen molar-refractivity contribution in [2.24, 2.45) is 16.6 Å². The summed E-state index contributed by atoms with van der Waals surface area (Å²) in [6.45, 7) is 8.48. The van der Waals surface area contributed by atoms with Gasteiger partial charge in [-0.2, -0.15) is 0 Å². The topological polar surface area (TPSA) is 70.7 Å². The van der Waals surface area contributed by atoms with Gasteiger partial charge < -0.3 is 16.0 Å². The van der Waals surface area contributed by atoms with Gasteiger partial charge in [-0.05, 0) is 19.8 Å². The monoisotopic (exact) mass is 268 g/mol. The summed E-state index contributed by atoms with van der Waals surface area (Å²) in [5, 5.41) is 2.64. The number of allylic oxidation sites excluding steroid dienone is 2. The number of carbonyl (C=O) groups excluding carboxylic acids is 1. The van der Waals surface area contributed by atoms with Gasteiger partial charge in [0, 0.05) is 19.3 Å². The number of amides is 1. The Labute approximate surface area is 117 Å². The Morgan fingerprint density at radius 1 is 1.42 bits per heavy atom. The molecule has 0 spiro atoms. The number of nitrogens with one attached hydrogen (secondary N) is 1. The molecule has 0 saturated carbocycles. The summed E-state index contributed by atoms with van der Waals surface area (Å²) in [7, 11) is 1.64. The molecule has 1 amide bonds. The van der Waals surface area contributed by atoms with Gasteiger partial charge in [0.05, 0.1) is 18.4 Å². The Balaban J connectivity index is 4.70. The SMILES string of the molecule is CC/C=C(\CC)N=CN(CC(C)C(=O)NC)C(C)N. The van der Waals surface area contributed by atoms with Gasteiger partial charge in [-0.1, -0.05) is 26.8 Å². The van der Waals surface area contributed by atoms with Crippen LogP contribution in [-0.2, 0) is 4.79 Å². The number of hydrogen-bond acceptors (Lipinski definition) is 3. The molecule has 0 radical (unpaired) electrons. The first-order chi connectivity index (χ1) is 8.96. The van der Waals surface area contributed by atoms with Crippen LogP contribution in [0.2, 0.25) is 0 Å². The van der Waals surface area contributed by atoms with Crippen molar-refractivity contribution < 1.29 is 4.79 Å². The van der Waals surface area contributed by atoms with E-state index in [1.165, 1.54) is 0 Å². The molecule has 0 bridgehead atoms. The van der Waals surface area contributed by atoms with E-state index < -0.39 is 0 Å². The van der Waals surface area contributed by atoms with E-state index in [0.717, 1.165) is 18.5 Å². The number of nitrogens with two attached hydrogens (primary N) is 1. The molecule has 0 saturated heterocycles. The van der Waals surface area contributed by atoms with Gasteiger partial charge >= 0.3 is 0 Å². The van der Waals surface area contributed by atoms with Gasteiger partial charge in [0.15, 0.2) is 0 Å². The molecule has 0 aliphatic heterocycles. The minimum absolute atomic E-state index is 0.0128. The highest BCUT2D eigenvalue weighted by Gasteiger charge is 2.16. The molecule has 0 rings (SSSR count). The van der Waals surface area contributed by atoms with E-state index >= 15 is 0 Å². The van der Waals surface area contributed by atoms with Crippen LogP contribution in [0.25, 0.3) is 0 Å². The van der Waals surface area contributed by atoms with Gasteiger partial charge in [0.25, 0.3) is 0 Å². The number of aliphatic imine (C=N–C) groups is 1. The molecule has 0 aromatic carbocycles. The van der Waals surface area contributed by atoms with Gasteiger partial charge in [0.2, 0.25) is 5.91 Å². The van der Waals surface area contributed by atoms with Crippen LogP contribution in [0.1, 0.15) is 40.5 Å². The first-order valence-corrected chi connectivity index (χ1v) is 6.92. The van der Waals surface area contributed by atoms with Crippen LogP contribution in [0.5, 0.6) is 0 Å². The van der Waals surface area contributed by atoms with Crippen molar-refractivity contribution in [1.29, 1.82) is 0 Å². The zero-order valence-electron chi connectivity index (χ0n) is 12.8. The van der Waals surface area contributed by atoms with Gasteiger partial charge in [-0.25, -0.2) is 4.99 Å². The zero-order valence-corrected chi connectivity index (χ0v) is 12.8. The molecule has 19 heavy (non-hydrogen) atoms. The largest absolute Gasteiger partial charge is 0.359 e. The number of rotatable bonds is 8. The third-order valence-corrected chi connectivity index (χ3v) is 2.88. The van der Waals surface area contributed by atoms with E-state index in [1.807, 2.05) is 18.7 Å². The average Bonchev–Trinajstić information content (AvgIpc) is 2.40. The van der Waals surface area contributed by atoms with Gasteiger partial charge in [-0.3, -0.25) is 4.79 Å². The highest BCUT2D eigenvalue weighted by atomic mass is 16.1. The molecule has 0 aromatic rings. The summed E-state index contributed by atoms with van der Waals surface area (Å²) in [5.41, 5.74) is 6.95. The molecular formula is C14H28N4O. The van der Waals surface area contributed by atoms with Crippen molar-refractivity contribution in [3.63, 3.8) is 0 Å². The lowest BCUT2D eigenvalue weighted by Gasteiger charge is -2.26. The van der Waals surface area contributed by atoms with Crippen LogP contribution >= 0.6 is 0 Å².